The van der Waals surface area contributed by atoms with Crippen LogP contribution in [0.2, 0.25) is 0 Å². The third kappa shape index (κ3) is 4.01. The van der Waals surface area contributed by atoms with Crippen molar-refractivity contribution in [3.05, 3.63) is 41.5 Å². The summed E-state index contributed by atoms with van der Waals surface area (Å²) in [6.45, 7) is 7.37. The number of nitrogens with zero attached hydrogens (tertiary/aromatic N) is 2. The van der Waals surface area contributed by atoms with Gasteiger partial charge in [-0.25, -0.2) is 0 Å². The molecule has 2 nitrogen and oxygen atoms in total. The van der Waals surface area contributed by atoms with Gasteiger partial charge in [0.05, 0.1) is 0 Å². The summed E-state index contributed by atoms with van der Waals surface area (Å²) >= 11 is 0. The van der Waals surface area contributed by atoms with Crippen LogP contribution in [-0.4, -0.2) is 48.1 Å². The first-order valence-electron chi connectivity index (χ1n) is 10.5. The van der Waals surface area contributed by atoms with E-state index in [9.17, 15) is 0 Å². The highest BCUT2D eigenvalue weighted by Crippen LogP contribution is 2.37. The molecule has 0 bridgehead atoms. The molecule has 25 heavy (non-hydrogen) atoms. The van der Waals surface area contributed by atoms with E-state index in [2.05, 4.69) is 53.1 Å². The molecule has 2 saturated heterocycles. The summed E-state index contributed by atoms with van der Waals surface area (Å²) in [4.78, 5) is 5.67. The van der Waals surface area contributed by atoms with Crippen molar-refractivity contribution in [2.75, 3.05) is 26.2 Å². The van der Waals surface area contributed by atoms with E-state index < -0.39 is 0 Å². The summed E-state index contributed by atoms with van der Waals surface area (Å²) in [5.74, 6) is 0.934. The van der Waals surface area contributed by atoms with Crippen LogP contribution in [0.25, 0.3) is 6.08 Å². The van der Waals surface area contributed by atoms with Crippen molar-refractivity contribution >= 4 is 6.08 Å². The van der Waals surface area contributed by atoms with Crippen molar-refractivity contribution in [3.8, 4) is 0 Å². The zero-order chi connectivity index (χ0) is 17.1. The lowest BCUT2D eigenvalue weighted by Gasteiger charge is -2.49. The molecule has 0 radical (unpaired) electrons. The number of piperazine rings is 1. The summed E-state index contributed by atoms with van der Waals surface area (Å²) in [5.41, 5.74) is 2.85. The predicted octanol–water partition coefficient (Wildman–Crippen LogP) is 4.82. The maximum Gasteiger partial charge on any atom is 0.0283 e. The van der Waals surface area contributed by atoms with Crippen LogP contribution in [0.1, 0.15) is 57.4 Å². The van der Waals surface area contributed by atoms with Gasteiger partial charge >= 0.3 is 0 Å². The van der Waals surface area contributed by atoms with Crippen LogP contribution in [0.5, 0.6) is 0 Å². The fourth-order valence-electron chi connectivity index (χ4n) is 5.64. The van der Waals surface area contributed by atoms with E-state index in [1.807, 2.05) is 0 Å². The maximum atomic E-state index is 2.86. The Balaban J connectivity index is 1.50. The molecule has 0 spiro atoms. The highest BCUT2D eigenvalue weighted by atomic mass is 15.3. The van der Waals surface area contributed by atoms with Crippen LogP contribution in [0.4, 0.5) is 0 Å². The molecule has 2 heterocycles. The number of hydrogen-bond donors (Lipinski definition) is 0. The van der Waals surface area contributed by atoms with Crippen LogP contribution in [0.3, 0.4) is 0 Å². The van der Waals surface area contributed by atoms with Gasteiger partial charge in [0.2, 0.25) is 0 Å². The zero-order valence-electron chi connectivity index (χ0n) is 15.9. The van der Waals surface area contributed by atoms with E-state index in [4.69, 9.17) is 0 Å². The summed E-state index contributed by atoms with van der Waals surface area (Å²) in [6, 6.07) is 12.5. The molecule has 0 aromatic heterocycles. The van der Waals surface area contributed by atoms with E-state index in [1.165, 1.54) is 75.7 Å². The predicted molar refractivity (Wildman–Crippen MR) is 107 cm³/mol. The Morgan fingerprint density at radius 2 is 1.76 bits per heavy atom. The monoisotopic (exact) mass is 338 g/mol. The second-order valence-electron chi connectivity index (χ2n) is 8.51. The van der Waals surface area contributed by atoms with Gasteiger partial charge in [0, 0.05) is 31.7 Å². The van der Waals surface area contributed by atoms with Gasteiger partial charge in [-0.15, -0.1) is 0 Å². The van der Waals surface area contributed by atoms with Gasteiger partial charge < -0.3 is 0 Å². The van der Waals surface area contributed by atoms with Gasteiger partial charge in [-0.2, -0.15) is 0 Å². The van der Waals surface area contributed by atoms with E-state index in [0.29, 0.717) is 0 Å². The smallest absolute Gasteiger partial charge is 0.0283 e. The Kier molecular flexibility index (Phi) is 5.57. The van der Waals surface area contributed by atoms with Gasteiger partial charge in [0.25, 0.3) is 0 Å². The van der Waals surface area contributed by atoms with Gasteiger partial charge in [-0.3, -0.25) is 9.80 Å². The molecule has 1 aromatic carbocycles. The Bertz CT molecular complexity index is 573. The first-order chi connectivity index (χ1) is 12.3. The fraction of sp³-hybridized carbons (Fsp3) is 0.652. The lowest BCUT2D eigenvalue weighted by Crippen LogP contribution is -2.60. The van der Waals surface area contributed by atoms with Gasteiger partial charge in [-0.1, -0.05) is 61.2 Å². The lowest BCUT2D eigenvalue weighted by molar-refractivity contribution is 0.00689. The molecule has 2 atom stereocenters. The van der Waals surface area contributed by atoms with E-state index in [-0.39, 0.29) is 0 Å². The Morgan fingerprint density at radius 1 is 0.960 bits per heavy atom. The maximum absolute atomic E-state index is 2.86. The molecule has 2 unspecified atom stereocenters. The van der Waals surface area contributed by atoms with Crippen molar-refractivity contribution in [2.24, 2.45) is 5.92 Å². The van der Waals surface area contributed by atoms with Crippen LogP contribution in [0, 0.1) is 5.92 Å². The second kappa shape index (κ2) is 8.05. The third-order valence-electron chi connectivity index (χ3n) is 6.70. The molecule has 2 aliphatic heterocycles. The molecule has 1 aromatic rings. The molecule has 2 heteroatoms. The Labute approximate surface area is 153 Å². The minimum atomic E-state index is 0.802. The Hall–Kier alpha value is -1.12. The molecule has 3 fully saturated rings. The van der Waals surface area contributed by atoms with Crippen molar-refractivity contribution < 1.29 is 0 Å². The van der Waals surface area contributed by atoms with Gasteiger partial charge in [0.15, 0.2) is 0 Å². The molecule has 1 aliphatic carbocycles. The molecule has 1 saturated carbocycles. The number of rotatable bonds is 4. The highest BCUT2D eigenvalue weighted by molar-refractivity contribution is 5.52. The number of fused-ring (bicyclic) bond motifs is 1. The fourth-order valence-corrected chi connectivity index (χ4v) is 5.64. The van der Waals surface area contributed by atoms with E-state index in [0.717, 1.165) is 24.5 Å². The van der Waals surface area contributed by atoms with Crippen LogP contribution in [-0.2, 0) is 0 Å². The average Bonchev–Trinajstić information content (AvgIpc) is 3.11. The van der Waals surface area contributed by atoms with Crippen molar-refractivity contribution in [2.45, 2.75) is 64.0 Å². The first kappa shape index (κ1) is 17.3. The first-order valence-corrected chi connectivity index (χ1v) is 10.5. The molecule has 3 aliphatic rings. The van der Waals surface area contributed by atoms with E-state index in [1.54, 1.807) is 0 Å². The molecular formula is C23H34N2. The van der Waals surface area contributed by atoms with Crippen molar-refractivity contribution in [3.63, 3.8) is 0 Å². The van der Waals surface area contributed by atoms with Crippen molar-refractivity contribution in [1.29, 1.82) is 0 Å². The molecule has 4 rings (SSSR count). The zero-order valence-corrected chi connectivity index (χ0v) is 15.9. The largest absolute Gasteiger partial charge is 0.298 e. The molecular weight excluding hydrogens is 304 g/mol. The summed E-state index contributed by atoms with van der Waals surface area (Å²) in [7, 11) is 0. The lowest BCUT2D eigenvalue weighted by atomic mass is 9.78. The number of benzene rings is 1. The molecule has 0 N–H and O–H groups in total. The second-order valence-corrected chi connectivity index (χ2v) is 8.51. The normalized spacial score (nSPS) is 29.7. The standard InChI is InChI=1S/C23H34N2/c1-19(17-20-9-4-2-5-10-20)18-25-16-15-24-14-8-13-22(24)23(25)21-11-6-3-7-12-21/h2,4-5,9-10,17,21-23H,3,6-8,11-16,18H2,1H3. The van der Waals surface area contributed by atoms with Crippen molar-refractivity contribution in [1.82, 2.24) is 9.80 Å². The van der Waals surface area contributed by atoms with Crippen LogP contribution < -0.4 is 0 Å². The van der Waals surface area contributed by atoms with Crippen LogP contribution >= 0.6 is 0 Å². The SMILES string of the molecule is CC(=Cc1ccccc1)CN1CCN2CCCC2C1C1CCCCC1. The van der Waals surface area contributed by atoms with Crippen LogP contribution in [0.15, 0.2) is 35.9 Å². The van der Waals surface area contributed by atoms with E-state index >= 15 is 0 Å². The molecule has 136 valence electrons. The Morgan fingerprint density at radius 3 is 2.56 bits per heavy atom. The summed E-state index contributed by atoms with van der Waals surface area (Å²) in [6.07, 6.45) is 12.5. The quantitative estimate of drug-likeness (QED) is 0.776. The summed E-state index contributed by atoms with van der Waals surface area (Å²) in [5, 5.41) is 0. The minimum Gasteiger partial charge on any atom is -0.298 e. The third-order valence-corrected chi connectivity index (χ3v) is 6.70. The highest BCUT2D eigenvalue weighted by Gasteiger charge is 2.42. The summed E-state index contributed by atoms with van der Waals surface area (Å²) < 4.78 is 0. The van der Waals surface area contributed by atoms with Gasteiger partial charge in [0.1, 0.15) is 0 Å². The minimum absolute atomic E-state index is 0.802. The molecule has 0 amide bonds. The average molecular weight is 339 g/mol. The van der Waals surface area contributed by atoms with Gasteiger partial charge in [-0.05, 0) is 50.6 Å². The number of hydrogen-bond acceptors (Lipinski definition) is 2. The topological polar surface area (TPSA) is 6.48 Å².